The SMILES string of the molecule is CN(C)C1(c2nnnn2C2CCCC2)CCCN(C(=O)C2CCCCC2)C1. The van der Waals surface area contributed by atoms with Crippen LogP contribution in [0.15, 0.2) is 0 Å². The maximum absolute atomic E-state index is 13.2. The van der Waals surface area contributed by atoms with E-state index in [-0.39, 0.29) is 11.5 Å². The number of piperidine rings is 1. The van der Waals surface area contributed by atoms with E-state index < -0.39 is 0 Å². The molecule has 1 amide bonds. The molecule has 2 heterocycles. The fraction of sp³-hybridized carbons (Fsp3) is 0.900. The van der Waals surface area contributed by atoms with Crippen LogP contribution >= 0.6 is 0 Å². The number of rotatable bonds is 4. The molecule has 0 bridgehead atoms. The molecule has 1 aromatic rings. The van der Waals surface area contributed by atoms with Gasteiger partial charge in [0.15, 0.2) is 5.82 Å². The van der Waals surface area contributed by atoms with Crippen LogP contribution in [-0.4, -0.2) is 63.1 Å². The van der Waals surface area contributed by atoms with E-state index >= 15 is 0 Å². The molecule has 0 aromatic carbocycles. The molecule has 3 aliphatic rings. The fourth-order valence-corrected chi connectivity index (χ4v) is 5.47. The largest absolute Gasteiger partial charge is 0.340 e. The van der Waals surface area contributed by atoms with Crippen molar-refractivity contribution in [2.24, 2.45) is 5.92 Å². The molecular weight excluding hydrogens is 340 g/mol. The third-order valence-electron chi connectivity index (χ3n) is 7.17. The molecule has 1 atom stereocenters. The number of carbonyl (C=O) groups is 1. The number of hydrogen-bond donors (Lipinski definition) is 0. The van der Waals surface area contributed by atoms with Crippen LogP contribution in [0.2, 0.25) is 0 Å². The first-order chi connectivity index (χ1) is 13.1. The third-order valence-corrected chi connectivity index (χ3v) is 7.17. The van der Waals surface area contributed by atoms with Gasteiger partial charge in [-0.1, -0.05) is 32.1 Å². The van der Waals surface area contributed by atoms with Crippen molar-refractivity contribution >= 4 is 5.91 Å². The molecular formula is C20H34N6O. The maximum Gasteiger partial charge on any atom is 0.225 e. The van der Waals surface area contributed by atoms with Crippen molar-refractivity contribution in [3.63, 3.8) is 0 Å². The highest BCUT2D eigenvalue weighted by molar-refractivity contribution is 5.79. The molecule has 3 fully saturated rings. The van der Waals surface area contributed by atoms with Gasteiger partial charge in [0.2, 0.25) is 5.91 Å². The van der Waals surface area contributed by atoms with Gasteiger partial charge >= 0.3 is 0 Å². The lowest BCUT2D eigenvalue weighted by atomic mass is 9.83. The summed E-state index contributed by atoms with van der Waals surface area (Å²) < 4.78 is 2.08. The van der Waals surface area contributed by atoms with Crippen LogP contribution in [0.4, 0.5) is 0 Å². The molecule has 0 N–H and O–H groups in total. The zero-order valence-electron chi connectivity index (χ0n) is 16.9. The number of aromatic nitrogens is 4. The smallest absolute Gasteiger partial charge is 0.225 e. The van der Waals surface area contributed by atoms with Crippen molar-refractivity contribution in [1.82, 2.24) is 30.0 Å². The molecule has 2 aliphatic carbocycles. The van der Waals surface area contributed by atoms with Crippen LogP contribution in [0.1, 0.15) is 82.5 Å². The highest BCUT2D eigenvalue weighted by Crippen LogP contribution is 2.39. The van der Waals surface area contributed by atoms with Crippen molar-refractivity contribution in [1.29, 1.82) is 0 Å². The molecule has 1 unspecified atom stereocenters. The van der Waals surface area contributed by atoms with Crippen molar-refractivity contribution < 1.29 is 4.79 Å². The zero-order chi connectivity index (χ0) is 18.9. The molecule has 1 aromatic heterocycles. The Kier molecular flexibility index (Phi) is 5.48. The normalized spacial score (nSPS) is 28.2. The minimum atomic E-state index is -0.283. The second kappa shape index (κ2) is 7.86. The summed E-state index contributed by atoms with van der Waals surface area (Å²) in [6.07, 6.45) is 12.6. The average molecular weight is 375 g/mol. The van der Waals surface area contributed by atoms with Crippen molar-refractivity contribution in [2.75, 3.05) is 27.2 Å². The Morgan fingerprint density at radius 2 is 1.74 bits per heavy atom. The van der Waals surface area contributed by atoms with Gasteiger partial charge in [-0.15, -0.1) is 5.10 Å². The van der Waals surface area contributed by atoms with Crippen molar-refractivity contribution in [3.05, 3.63) is 5.82 Å². The molecule has 7 heteroatoms. The van der Waals surface area contributed by atoms with Gasteiger partial charge in [-0.25, -0.2) is 4.68 Å². The van der Waals surface area contributed by atoms with Gasteiger partial charge in [-0.3, -0.25) is 9.69 Å². The first-order valence-electron chi connectivity index (χ1n) is 10.9. The lowest BCUT2D eigenvalue weighted by molar-refractivity contribution is -0.141. The first kappa shape index (κ1) is 18.8. The van der Waals surface area contributed by atoms with Crippen LogP contribution in [0.5, 0.6) is 0 Å². The Bertz CT molecular complexity index is 647. The highest BCUT2D eigenvalue weighted by Gasteiger charge is 2.46. The van der Waals surface area contributed by atoms with E-state index in [2.05, 4.69) is 44.1 Å². The lowest BCUT2D eigenvalue weighted by Crippen LogP contribution is -2.57. The van der Waals surface area contributed by atoms with Crippen LogP contribution < -0.4 is 0 Å². The fourth-order valence-electron chi connectivity index (χ4n) is 5.47. The summed E-state index contributed by atoms with van der Waals surface area (Å²) in [5.74, 6) is 1.54. The molecule has 1 aliphatic heterocycles. The lowest BCUT2D eigenvalue weighted by Gasteiger charge is -2.47. The number of nitrogens with zero attached hydrogens (tertiary/aromatic N) is 6. The van der Waals surface area contributed by atoms with E-state index in [1.165, 1.54) is 32.1 Å². The first-order valence-corrected chi connectivity index (χ1v) is 10.9. The summed E-state index contributed by atoms with van der Waals surface area (Å²) in [6.45, 7) is 1.58. The molecule has 27 heavy (non-hydrogen) atoms. The second-order valence-corrected chi connectivity index (χ2v) is 9.01. The predicted octanol–water partition coefficient (Wildman–Crippen LogP) is 2.75. The number of carbonyl (C=O) groups excluding carboxylic acids is 1. The molecule has 0 spiro atoms. The Morgan fingerprint density at radius 1 is 1.04 bits per heavy atom. The van der Waals surface area contributed by atoms with E-state index in [0.29, 0.717) is 18.5 Å². The number of amides is 1. The molecule has 7 nitrogen and oxygen atoms in total. The van der Waals surface area contributed by atoms with Crippen molar-refractivity contribution in [3.8, 4) is 0 Å². The van der Waals surface area contributed by atoms with Gasteiger partial charge in [0, 0.05) is 19.0 Å². The van der Waals surface area contributed by atoms with E-state index in [1.54, 1.807) is 0 Å². The number of likely N-dealkylation sites (tertiary alicyclic amines) is 1. The summed E-state index contributed by atoms with van der Waals surface area (Å²) in [6, 6.07) is 0.413. The van der Waals surface area contributed by atoms with Crippen LogP contribution in [0.3, 0.4) is 0 Å². The average Bonchev–Trinajstić information content (AvgIpc) is 3.39. The van der Waals surface area contributed by atoms with E-state index in [0.717, 1.165) is 50.9 Å². The predicted molar refractivity (Wildman–Crippen MR) is 103 cm³/mol. The summed E-state index contributed by atoms with van der Waals surface area (Å²) in [4.78, 5) is 17.6. The molecule has 2 saturated carbocycles. The highest BCUT2D eigenvalue weighted by atomic mass is 16.2. The molecule has 150 valence electrons. The van der Waals surface area contributed by atoms with Crippen molar-refractivity contribution in [2.45, 2.75) is 82.2 Å². The minimum absolute atomic E-state index is 0.225. The summed E-state index contributed by atoms with van der Waals surface area (Å²) in [5.41, 5.74) is -0.283. The maximum atomic E-state index is 13.2. The topological polar surface area (TPSA) is 67.2 Å². The monoisotopic (exact) mass is 374 g/mol. The van der Waals surface area contributed by atoms with Crippen LogP contribution in [-0.2, 0) is 10.3 Å². The standard InChI is InChI=1S/C20H34N6O/c1-24(2)20(19-21-22-23-26(19)17-11-6-7-12-17)13-8-14-25(15-20)18(27)16-9-4-3-5-10-16/h16-17H,3-15H2,1-2H3. The number of likely N-dealkylation sites (N-methyl/N-ethyl adjacent to an activating group) is 1. The van der Waals surface area contributed by atoms with Crippen LogP contribution in [0, 0.1) is 5.92 Å². The summed E-state index contributed by atoms with van der Waals surface area (Å²) >= 11 is 0. The van der Waals surface area contributed by atoms with Gasteiger partial charge in [-0.05, 0) is 63.0 Å². The second-order valence-electron chi connectivity index (χ2n) is 9.01. The number of tetrazole rings is 1. The Morgan fingerprint density at radius 3 is 2.44 bits per heavy atom. The number of hydrogen-bond acceptors (Lipinski definition) is 5. The Hall–Kier alpha value is -1.50. The van der Waals surface area contributed by atoms with Gasteiger partial charge in [0.1, 0.15) is 5.54 Å². The Balaban J connectivity index is 1.60. The van der Waals surface area contributed by atoms with E-state index in [4.69, 9.17) is 0 Å². The molecule has 0 radical (unpaired) electrons. The Labute approximate surface area is 162 Å². The quantitative estimate of drug-likeness (QED) is 0.811. The van der Waals surface area contributed by atoms with Gasteiger partial charge < -0.3 is 4.90 Å². The minimum Gasteiger partial charge on any atom is -0.340 e. The van der Waals surface area contributed by atoms with E-state index in [1.807, 2.05) is 0 Å². The van der Waals surface area contributed by atoms with Gasteiger partial charge in [0.25, 0.3) is 0 Å². The molecule has 4 rings (SSSR count). The van der Waals surface area contributed by atoms with Gasteiger partial charge in [-0.2, -0.15) is 0 Å². The van der Waals surface area contributed by atoms with Gasteiger partial charge in [0.05, 0.1) is 6.04 Å². The summed E-state index contributed by atoms with van der Waals surface area (Å²) in [5, 5.41) is 13.0. The van der Waals surface area contributed by atoms with Crippen LogP contribution in [0.25, 0.3) is 0 Å². The zero-order valence-corrected chi connectivity index (χ0v) is 16.9. The van der Waals surface area contributed by atoms with E-state index in [9.17, 15) is 4.79 Å². The third kappa shape index (κ3) is 3.50. The summed E-state index contributed by atoms with van der Waals surface area (Å²) in [7, 11) is 4.23. The molecule has 1 saturated heterocycles.